The number of carbonyl (C=O) groups is 2. The van der Waals surface area contributed by atoms with Gasteiger partial charge in [-0.2, -0.15) is 0 Å². The van der Waals surface area contributed by atoms with Crippen LogP contribution in [0.4, 0.5) is 4.79 Å². The SMILES string of the molecule is CCN(CCN1C(=O)[C@H](C)S[C@@H]1c1ccc(OC)cc1)C(=O)NC(C)(C)C. The lowest BCUT2D eigenvalue weighted by Crippen LogP contribution is -2.50. The van der Waals surface area contributed by atoms with E-state index in [0.29, 0.717) is 19.6 Å². The molecule has 1 aromatic carbocycles. The summed E-state index contributed by atoms with van der Waals surface area (Å²) in [5.74, 6) is 0.914. The Kier molecular flexibility index (Phi) is 7.03. The van der Waals surface area contributed by atoms with Crippen LogP contribution in [-0.2, 0) is 4.79 Å². The molecule has 0 aromatic heterocycles. The Hall–Kier alpha value is -1.89. The van der Waals surface area contributed by atoms with Gasteiger partial charge in [-0.15, -0.1) is 11.8 Å². The summed E-state index contributed by atoms with van der Waals surface area (Å²) in [5, 5.41) is 2.86. The number of urea groups is 1. The number of ether oxygens (including phenoxy) is 1. The van der Waals surface area contributed by atoms with E-state index in [2.05, 4.69) is 5.32 Å². The molecule has 0 saturated carbocycles. The Labute approximate surface area is 166 Å². The third-order valence-electron chi connectivity index (χ3n) is 4.41. The van der Waals surface area contributed by atoms with Crippen LogP contribution in [0.3, 0.4) is 0 Å². The third kappa shape index (κ3) is 5.54. The van der Waals surface area contributed by atoms with Gasteiger partial charge in [-0.1, -0.05) is 12.1 Å². The van der Waals surface area contributed by atoms with E-state index in [-0.39, 0.29) is 28.1 Å². The fraction of sp³-hybridized carbons (Fsp3) is 0.600. The predicted molar refractivity (Wildman–Crippen MR) is 110 cm³/mol. The number of nitrogens with zero attached hydrogens (tertiary/aromatic N) is 2. The molecule has 2 atom stereocenters. The van der Waals surface area contributed by atoms with E-state index in [4.69, 9.17) is 4.74 Å². The molecule has 1 fully saturated rings. The molecule has 1 aromatic rings. The van der Waals surface area contributed by atoms with Crippen LogP contribution in [-0.4, -0.2) is 59.3 Å². The van der Waals surface area contributed by atoms with Crippen molar-refractivity contribution in [3.8, 4) is 5.75 Å². The first-order valence-corrected chi connectivity index (χ1v) is 10.3. The average molecular weight is 394 g/mol. The summed E-state index contributed by atoms with van der Waals surface area (Å²) >= 11 is 1.64. The van der Waals surface area contributed by atoms with Gasteiger partial charge in [0.15, 0.2) is 0 Å². The van der Waals surface area contributed by atoms with Gasteiger partial charge in [-0.05, 0) is 52.3 Å². The van der Waals surface area contributed by atoms with Gasteiger partial charge in [0.2, 0.25) is 5.91 Å². The van der Waals surface area contributed by atoms with Gasteiger partial charge in [-0.25, -0.2) is 4.79 Å². The normalized spacial score (nSPS) is 19.9. The summed E-state index contributed by atoms with van der Waals surface area (Å²) in [7, 11) is 1.64. The fourth-order valence-electron chi connectivity index (χ4n) is 2.96. The minimum atomic E-state index is -0.288. The van der Waals surface area contributed by atoms with E-state index in [0.717, 1.165) is 11.3 Å². The molecule has 0 unspecified atom stereocenters. The van der Waals surface area contributed by atoms with Gasteiger partial charge in [0.1, 0.15) is 11.1 Å². The van der Waals surface area contributed by atoms with Crippen molar-refractivity contribution < 1.29 is 14.3 Å². The maximum atomic E-state index is 12.7. The number of likely N-dealkylation sites (N-methyl/N-ethyl adjacent to an activating group) is 1. The highest BCUT2D eigenvalue weighted by Crippen LogP contribution is 2.42. The van der Waals surface area contributed by atoms with Gasteiger partial charge in [-0.3, -0.25) is 4.79 Å². The number of hydrogen-bond acceptors (Lipinski definition) is 4. The zero-order valence-electron chi connectivity index (χ0n) is 17.1. The number of amides is 3. The number of carbonyl (C=O) groups excluding carboxylic acids is 2. The monoisotopic (exact) mass is 393 g/mol. The maximum absolute atomic E-state index is 12.7. The minimum absolute atomic E-state index is 0.0391. The first-order chi connectivity index (χ1) is 12.7. The molecule has 3 amide bonds. The Morgan fingerprint density at radius 3 is 2.44 bits per heavy atom. The van der Waals surface area contributed by atoms with E-state index in [1.54, 1.807) is 23.8 Å². The average Bonchev–Trinajstić information content (AvgIpc) is 2.89. The van der Waals surface area contributed by atoms with Crippen molar-refractivity contribution in [3.63, 3.8) is 0 Å². The molecule has 150 valence electrons. The Bertz CT molecular complexity index is 657. The number of rotatable bonds is 6. The van der Waals surface area contributed by atoms with Crippen LogP contribution in [0, 0.1) is 0 Å². The van der Waals surface area contributed by atoms with Crippen molar-refractivity contribution in [3.05, 3.63) is 29.8 Å². The number of thioether (sulfide) groups is 1. The second kappa shape index (κ2) is 8.87. The molecule has 1 aliphatic heterocycles. The Balaban J connectivity index is 2.08. The van der Waals surface area contributed by atoms with Crippen LogP contribution in [0.25, 0.3) is 0 Å². The van der Waals surface area contributed by atoms with E-state index < -0.39 is 0 Å². The second-order valence-electron chi connectivity index (χ2n) is 7.70. The van der Waals surface area contributed by atoms with Gasteiger partial charge in [0.25, 0.3) is 0 Å². The van der Waals surface area contributed by atoms with E-state index in [9.17, 15) is 9.59 Å². The van der Waals surface area contributed by atoms with Crippen LogP contribution in [0.15, 0.2) is 24.3 Å². The molecule has 0 aliphatic carbocycles. The molecule has 7 heteroatoms. The molecule has 0 spiro atoms. The zero-order chi connectivity index (χ0) is 20.2. The lowest BCUT2D eigenvalue weighted by atomic mass is 10.1. The summed E-state index contributed by atoms with van der Waals surface area (Å²) in [6, 6.07) is 7.73. The fourth-order valence-corrected chi connectivity index (χ4v) is 4.27. The van der Waals surface area contributed by atoms with Crippen LogP contribution < -0.4 is 10.1 Å². The third-order valence-corrected chi connectivity index (χ3v) is 5.80. The first kappa shape index (κ1) is 21.4. The smallest absolute Gasteiger partial charge is 0.317 e. The molecule has 1 aliphatic rings. The van der Waals surface area contributed by atoms with E-state index in [1.807, 2.05) is 63.8 Å². The number of methoxy groups -OCH3 is 1. The zero-order valence-corrected chi connectivity index (χ0v) is 17.9. The van der Waals surface area contributed by atoms with Crippen molar-refractivity contribution in [2.24, 2.45) is 0 Å². The van der Waals surface area contributed by atoms with Gasteiger partial charge >= 0.3 is 6.03 Å². The van der Waals surface area contributed by atoms with E-state index in [1.165, 1.54) is 0 Å². The van der Waals surface area contributed by atoms with Crippen molar-refractivity contribution in [2.45, 2.75) is 50.8 Å². The summed E-state index contributed by atoms with van der Waals surface area (Å²) in [5.41, 5.74) is 0.782. The molecule has 2 rings (SSSR count). The van der Waals surface area contributed by atoms with Crippen LogP contribution in [0.2, 0.25) is 0 Å². The summed E-state index contributed by atoms with van der Waals surface area (Å²) in [6.45, 7) is 11.4. The molecule has 0 radical (unpaired) electrons. The molecule has 0 bridgehead atoms. The topological polar surface area (TPSA) is 61.9 Å². The largest absolute Gasteiger partial charge is 0.497 e. The summed E-state index contributed by atoms with van der Waals surface area (Å²) in [6.07, 6.45) is 0. The highest BCUT2D eigenvalue weighted by molar-refractivity contribution is 8.01. The predicted octanol–water partition coefficient (Wildman–Crippen LogP) is 3.49. The molecular formula is C20H31N3O3S. The van der Waals surface area contributed by atoms with Crippen molar-refractivity contribution in [1.29, 1.82) is 0 Å². The molecule has 1 N–H and O–H groups in total. The van der Waals surface area contributed by atoms with Crippen molar-refractivity contribution >= 4 is 23.7 Å². The van der Waals surface area contributed by atoms with Crippen molar-refractivity contribution in [1.82, 2.24) is 15.1 Å². The standard InChI is InChI=1S/C20H31N3O3S/c1-7-22(19(25)21-20(3,4)5)12-13-23-17(24)14(2)27-18(23)15-8-10-16(26-6)11-9-15/h8-11,14,18H,7,12-13H2,1-6H3,(H,21,25)/t14-,18+/m0/s1. The van der Waals surface area contributed by atoms with Crippen LogP contribution in [0.5, 0.6) is 5.75 Å². The highest BCUT2D eigenvalue weighted by atomic mass is 32.2. The molecule has 27 heavy (non-hydrogen) atoms. The van der Waals surface area contributed by atoms with Gasteiger partial charge < -0.3 is 19.9 Å². The maximum Gasteiger partial charge on any atom is 0.317 e. The lowest BCUT2D eigenvalue weighted by Gasteiger charge is -2.30. The highest BCUT2D eigenvalue weighted by Gasteiger charge is 2.38. The number of benzene rings is 1. The van der Waals surface area contributed by atoms with Crippen LogP contribution >= 0.6 is 11.8 Å². The minimum Gasteiger partial charge on any atom is -0.497 e. The second-order valence-corrected chi connectivity index (χ2v) is 9.12. The molecule has 6 nitrogen and oxygen atoms in total. The molecular weight excluding hydrogens is 362 g/mol. The van der Waals surface area contributed by atoms with Crippen molar-refractivity contribution in [2.75, 3.05) is 26.7 Å². The van der Waals surface area contributed by atoms with Gasteiger partial charge in [0, 0.05) is 25.2 Å². The number of hydrogen-bond donors (Lipinski definition) is 1. The molecule has 1 saturated heterocycles. The van der Waals surface area contributed by atoms with E-state index >= 15 is 0 Å². The van der Waals surface area contributed by atoms with Gasteiger partial charge in [0.05, 0.1) is 12.4 Å². The van der Waals surface area contributed by atoms with Crippen LogP contribution in [0.1, 0.15) is 45.6 Å². The summed E-state index contributed by atoms with van der Waals surface area (Å²) in [4.78, 5) is 28.8. The first-order valence-electron chi connectivity index (χ1n) is 9.33. The Morgan fingerprint density at radius 1 is 1.30 bits per heavy atom. The lowest BCUT2D eigenvalue weighted by molar-refractivity contribution is -0.129. The Morgan fingerprint density at radius 2 is 1.93 bits per heavy atom. The number of nitrogens with one attached hydrogen (secondary N) is 1. The summed E-state index contributed by atoms with van der Waals surface area (Å²) < 4.78 is 5.22. The molecule has 1 heterocycles. The quantitative estimate of drug-likeness (QED) is 0.804.